The van der Waals surface area contributed by atoms with E-state index < -0.39 is 0 Å². The normalized spacial score (nSPS) is 3.75. The second-order valence-electron chi connectivity index (χ2n) is 0.724. The van der Waals surface area contributed by atoms with Gasteiger partial charge in [-0.1, -0.05) is 6.92 Å². The number of aliphatic hydroxyl groups excluding tert-OH is 1. The summed E-state index contributed by atoms with van der Waals surface area (Å²) in [5, 5.41) is 7.88. The SMILES string of the molecule is CCCO.[I-].[I-].[I-].[Ti+3]. The number of halogens is 3. The Kier molecular flexibility index (Phi) is 126. The average molecular weight is 489 g/mol. The molecule has 5 heteroatoms. The average Bonchev–Trinajstić information content (AvgIpc) is 1.37. The molecule has 0 atom stereocenters. The monoisotopic (exact) mass is 489 g/mol. The number of hydrogen-bond acceptors (Lipinski definition) is 1. The predicted molar refractivity (Wildman–Crippen MR) is 17.4 cm³/mol. The molecule has 0 spiro atoms. The largest absolute Gasteiger partial charge is 3.00 e. The molecule has 1 nitrogen and oxygen atoms in total. The summed E-state index contributed by atoms with van der Waals surface area (Å²) in [6.45, 7) is 2.25. The van der Waals surface area contributed by atoms with Crippen LogP contribution in [0.15, 0.2) is 0 Å². The van der Waals surface area contributed by atoms with Gasteiger partial charge in [0.05, 0.1) is 0 Å². The minimum absolute atomic E-state index is 0. The van der Waals surface area contributed by atoms with Crippen LogP contribution < -0.4 is 71.9 Å². The van der Waals surface area contributed by atoms with Gasteiger partial charge in [0.15, 0.2) is 0 Å². The Morgan fingerprint density at radius 2 is 1.25 bits per heavy atom. The van der Waals surface area contributed by atoms with Crippen LogP contribution in [0.2, 0.25) is 0 Å². The first kappa shape index (κ1) is 30.7. The topological polar surface area (TPSA) is 20.2 Å². The molecule has 0 aliphatic carbocycles. The van der Waals surface area contributed by atoms with Crippen molar-refractivity contribution in [2.45, 2.75) is 13.3 Å². The predicted octanol–water partition coefficient (Wildman–Crippen LogP) is -8.60. The smallest absolute Gasteiger partial charge is 1.00 e. The van der Waals surface area contributed by atoms with Gasteiger partial charge in [0.1, 0.15) is 0 Å². The van der Waals surface area contributed by atoms with Crippen LogP contribution in [-0.2, 0) is 21.7 Å². The van der Waals surface area contributed by atoms with Crippen molar-refractivity contribution in [2.24, 2.45) is 0 Å². The van der Waals surface area contributed by atoms with Crippen LogP contribution in [0.4, 0.5) is 0 Å². The fourth-order valence-corrected chi connectivity index (χ4v) is 0. The van der Waals surface area contributed by atoms with Crippen LogP contribution in [0, 0.1) is 0 Å². The van der Waals surface area contributed by atoms with Crippen LogP contribution in [0.5, 0.6) is 0 Å². The molecule has 0 aliphatic rings. The van der Waals surface area contributed by atoms with Crippen LogP contribution in [0.1, 0.15) is 13.3 Å². The fourth-order valence-electron chi connectivity index (χ4n) is 0. The van der Waals surface area contributed by atoms with E-state index in [0.717, 1.165) is 6.42 Å². The molecule has 0 aromatic heterocycles. The second kappa shape index (κ2) is 32.8. The van der Waals surface area contributed by atoms with Gasteiger partial charge < -0.3 is 77.0 Å². The van der Waals surface area contributed by atoms with Crippen LogP contribution in [0.25, 0.3) is 0 Å². The van der Waals surface area contributed by atoms with E-state index >= 15 is 0 Å². The maximum atomic E-state index is 7.88. The van der Waals surface area contributed by atoms with Gasteiger partial charge in [0, 0.05) is 6.61 Å². The van der Waals surface area contributed by atoms with Crippen molar-refractivity contribution in [3.05, 3.63) is 0 Å². The standard InChI is InChI=1S/C3H8O.3HI.Ti/c1-2-3-4;;;;/h4H,2-3H2,1H3;3*1H;/q;;;;+3/p-3. The molecule has 8 heavy (non-hydrogen) atoms. The Balaban J connectivity index is -0.00000000750. The Hall–Kier alpha value is 2.86. The van der Waals surface area contributed by atoms with Gasteiger partial charge >= 0.3 is 21.7 Å². The Labute approximate surface area is 117 Å². The van der Waals surface area contributed by atoms with Gasteiger partial charge in [0.2, 0.25) is 0 Å². The zero-order valence-corrected chi connectivity index (χ0v) is 12.5. The first-order valence-electron chi connectivity index (χ1n) is 1.52. The number of rotatable bonds is 1. The van der Waals surface area contributed by atoms with E-state index in [-0.39, 0.29) is 93.6 Å². The molecular formula is C3H8I3OTi. The quantitative estimate of drug-likeness (QED) is 0.287. The van der Waals surface area contributed by atoms with Gasteiger partial charge in [-0.15, -0.1) is 0 Å². The van der Waals surface area contributed by atoms with Gasteiger partial charge in [-0.3, -0.25) is 0 Å². The second-order valence-corrected chi connectivity index (χ2v) is 0.724. The molecule has 0 amide bonds. The third kappa shape index (κ3) is 36.7. The van der Waals surface area contributed by atoms with E-state index in [2.05, 4.69) is 0 Å². The molecule has 1 radical (unpaired) electrons. The molecule has 0 rings (SSSR count). The Morgan fingerprint density at radius 3 is 1.25 bits per heavy atom. The molecule has 0 aliphatic heterocycles. The summed E-state index contributed by atoms with van der Waals surface area (Å²) >= 11 is 0. The van der Waals surface area contributed by atoms with E-state index in [9.17, 15) is 0 Å². The van der Waals surface area contributed by atoms with Crippen molar-refractivity contribution < 1.29 is 98.8 Å². The van der Waals surface area contributed by atoms with Gasteiger partial charge in [-0.05, 0) is 6.42 Å². The molecular weight excluding hydrogens is 481 g/mol. The summed E-state index contributed by atoms with van der Waals surface area (Å²) in [7, 11) is 0. The van der Waals surface area contributed by atoms with E-state index in [1.54, 1.807) is 0 Å². The van der Waals surface area contributed by atoms with Crippen molar-refractivity contribution in [1.29, 1.82) is 0 Å². The molecule has 0 aromatic rings. The molecule has 0 fully saturated rings. The maximum Gasteiger partial charge on any atom is 3.00 e. The number of aliphatic hydroxyl groups is 1. The van der Waals surface area contributed by atoms with Gasteiger partial charge in [0.25, 0.3) is 0 Å². The summed E-state index contributed by atoms with van der Waals surface area (Å²) in [6, 6.07) is 0. The molecule has 0 aromatic carbocycles. The summed E-state index contributed by atoms with van der Waals surface area (Å²) in [5.41, 5.74) is 0. The van der Waals surface area contributed by atoms with Crippen molar-refractivity contribution in [3.8, 4) is 0 Å². The molecule has 0 saturated carbocycles. The molecule has 0 saturated heterocycles. The molecule has 0 unspecified atom stereocenters. The first-order chi connectivity index (χ1) is 1.91. The Bertz CT molecular complexity index is 16.5. The summed E-state index contributed by atoms with van der Waals surface area (Å²) in [5.74, 6) is 0. The first-order valence-corrected chi connectivity index (χ1v) is 1.52. The van der Waals surface area contributed by atoms with E-state index in [4.69, 9.17) is 5.11 Å². The van der Waals surface area contributed by atoms with E-state index in [0.29, 0.717) is 6.61 Å². The zero-order valence-electron chi connectivity index (χ0n) is 4.50. The summed E-state index contributed by atoms with van der Waals surface area (Å²) < 4.78 is 0. The minimum atomic E-state index is 0. The molecule has 0 heterocycles. The maximum absolute atomic E-state index is 7.88. The minimum Gasteiger partial charge on any atom is -1.00 e. The van der Waals surface area contributed by atoms with E-state index in [1.165, 1.54) is 0 Å². The van der Waals surface area contributed by atoms with Crippen molar-refractivity contribution >= 4 is 0 Å². The third-order valence-corrected chi connectivity index (χ3v) is 0.224. The summed E-state index contributed by atoms with van der Waals surface area (Å²) in [4.78, 5) is 0. The van der Waals surface area contributed by atoms with Gasteiger partial charge in [-0.2, -0.15) is 0 Å². The van der Waals surface area contributed by atoms with Gasteiger partial charge in [-0.25, -0.2) is 0 Å². The van der Waals surface area contributed by atoms with Crippen molar-refractivity contribution in [2.75, 3.05) is 6.61 Å². The third-order valence-electron chi connectivity index (χ3n) is 0.224. The Morgan fingerprint density at radius 1 is 1.12 bits per heavy atom. The summed E-state index contributed by atoms with van der Waals surface area (Å²) in [6.07, 6.45) is 0.875. The zero-order chi connectivity index (χ0) is 3.41. The van der Waals surface area contributed by atoms with Crippen LogP contribution in [0.3, 0.4) is 0 Å². The van der Waals surface area contributed by atoms with E-state index in [1.807, 2.05) is 6.92 Å². The van der Waals surface area contributed by atoms with Crippen LogP contribution >= 0.6 is 0 Å². The van der Waals surface area contributed by atoms with Crippen LogP contribution in [-0.4, -0.2) is 11.7 Å². The number of hydrogen-bond donors (Lipinski definition) is 1. The molecule has 0 bridgehead atoms. The fraction of sp³-hybridized carbons (Fsp3) is 1.00. The molecule has 1 N–H and O–H groups in total. The van der Waals surface area contributed by atoms with Crippen molar-refractivity contribution in [3.63, 3.8) is 0 Å². The van der Waals surface area contributed by atoms with Crippen molar-refractivity contribution in [1.82, 2.24) is 0 Å². The molecule has 51 valence electrons.